The van der Waals surface area contributed by atoms with Crippen LogP contribution >= 0.6 is 11.8 Å². The Labute approximate surface area is 233 Å². The van der Waals surface area contributed by atoms with Crippen molar-refractivity contribution in [3.8, 4) is 0 Å². The van der Waals surface area contributed by atoms with Gasteiger partial charge >= 0.3 is 5.97 Å². The Morgan fingerprint density at radius 1 is 0.895 bits per heavy atom. The summed E-state index contributed by atoms with van der Waals surface area (Å²) in [5, 5.41) is 14.9. The highest BCUT2D eigenvalue weighted by Gasteiger charge is 2.35. The van der Waals surface area contributed by atoms with E-state index in [1.54, 1.807) is 11.8 Å². The van der Waals surface area contributed by atoms with Gasteiger partial charge in [-0.3, -0.25) is 4.79 Å². The lowest BCUT2D eigenvalue weighted by Crippen LogP contribution is -2.39. The molecule has 0 atom stereocenters. The summed E-state index contributed by atoms with van der Waals surface area (Å²) in [4.78, 5) is 35.4. The molecule has 0 aliphatic rings. The predicted octanol–water partition coefficient (Wildman–Crippen LogP) is 9.60. The smallest absolute Gasteiger partial charge is 0.338 e. The molecule has 0 unspecified atom stereocenters. The lowest BCUT2D eigenvalue weighted by atomic mass is 10.0. The van der Waals surface area contributed by atoms with Gasteiger partial charge in [0.1, 0.15) is 5.69 Å². The van der Waals surface area contributed by atoms with E-state index in [0.29, 0.717) is 18.5 Å². The molecule has 0 aliphatic heterocycles. The van der Waals surface area contributed by atoms with Crippen LogP contribution in [0.1, 0.15) is 108 Å². The molecule has 2 N–H and O–H groups in total. The standard InChI is InChI=1S/C31H46N2O4S/c1-4-7-8-9-10-11-12-13-14-15-16-17-18-19-20-21-24-38-31(5-2,6-3)30(36)32-26-22-23-28(33-37)27(25-26)29(34)35/h7-8,10-11,13-14,22-23,25H,4-6,9,12,15-21,24H2,1-3H3,(H,32,36)(H,34,35)/b8-7-,11-10-,14-13-. The topological polar surface area (TPSA) is 95.8 Å². The summed E-state index contributed by atoms with van der Waals surface area (Å²) in [6, 6.07) is 4.13. The number of benzene rings is 1. The average Bonchev–Trinajstić information content (AvgIpc) is 2.92. The van der Waals surface area contributed by atoms with Gasteiger partial charge < -0.3 is 10.4 Å². The van der Waals surface area contributed by atoms with Gasteiger partial charge in [0, 0.05) is 5.69 Å². The Morgan fingerprint density at radius 2 is 1.50 bits per heavy atom. The molecule has 0 spiro atoms. The van der Waals surface area contributed by atoms with Crippen LogP contribution < -0.4 is 5.32 Å². The van der Waals surface area contributed by atoms with Gasteiger partial charge in [-0.05, 0) is 80.5 Å². The Morgan fingerprint density at radius 3 is 2.11 bits per heavy atom. The molecule has 1 amide bonds. The first-order valence-electron chi connectivity index (χ1n) is 14.0. The van der Waals surface area contributed by atoms with Crippen LogP contribution in [0.2, 0.25) is 0 Å². The second-order valence-electron chi connectivity index (χ2n) is 9.34. The first-order chi connectivity index (χ1) is 18.4. The molecule has 7 heteroatoms. The highest BCUT2D eigenvalue weighted by Crippen LogP contribution is 2.35. The molecule has 0 saturated carbocycles. The summed E-state index contributed by atoms with van der Waals surface area (Å²) in [6.45, 7) is 6.17. The van der Waals surface area contributed by atoms with E-state index in [-0.39, 0.29) is 17.2 Å². The predicted molar refractivity (Wildman–Crippen MR) is 163 cm³/mol. The van der Waals surface area contributed by atoms with Crippen molar-refractivity contribution in [3.05, 3.63) is 65.1 Å². The van der Waals surface area contributed by atoms with Crippen molar-refractivity contribution in [2.45, 2.75) is 103 Å². The first kappa shape index (κ1) is 33.4. The zero-order chi connectivity index (χ0) is 28.1. The lowest BCUT2D eigenvalue weighted by molar-refractivity contribution is -0.118. The quantitative estimate of drug-likeness (QED) is 0.0915. The maximum atomic E-state index is 13.2. The van der Waals surface area contributed by atoms with E-state index in [2.05, 4.69) is 53.9 Å². The maximum absolute atomic E-state index is 13.2. The number of anilines is 1. The summed E-state index contributed by atoms with van der Waals surface area (Å²) in [5.41, 5.74) is -0.0152. The van der Waals surface area contributed by atoms with E-state index in [1.807, 2.05) is 13.8 Å². The first-order valence-corrected chi connectivity index (χ1v) is 15.0. The van der Waals surface area contributed by atoms with E-state index in [4.69, 9.17) is 0 Å². The molecule has 6 nitrogen and oxygen atoms in total. The zero-order valence-electron chi connectivity index (χ0n) is 23.4. The average molecular weight is 543 g/mol. The Hall–Kier alpha value is -2.67. The number of aromatic carboxylic acids is 1. The number of unbranched alkanes of at least 4 members (excludes halogenated alkanes) is 6. The van der Waals surface area contributed by atoms with Gasteiger partial charge in [0.15, 0.2) is 0 Å². The number of carbonyl (C=O) groups is 2. The monoisotopic (exact) mass is 542 g/mol. The molecular formula is C31H46N2O4S. The summed E-state index contributed by atoms with van der Waals surface area (Å²) in [6.07, 6.45) is 26.2. The van der Waals surface area contributed by atoms with E-state index in [0.717, 1.165) is 44.3 Å². The Bertz CT molecular complexity index is 936. The van der Waals surface area contributed by atoms with Crippen molar-refractivity contribution in [2.75, 3.05) is 11.1 Å². The summed E-state index contributed by atoms with van der Waals surface area (Å²) in [7, 11) is 0. The molecule has 0 saturated heterocycles. The third kappa shape index (κ3) is 12.7. The molecule has 1 aromatic rings. The molecule has 0 aromatic heterocycles. The Balaban J connectivity index is 2.31. The molecule has 0 radical (unpaired) electrons. The van der Waals surface area contributed by atoms with Crippen LogP contribution in [0.3, 0.4) is 0 Å². The number of hydrogen-bond donors (Lipinski definition) is 2. The molecule has 210 valence electrons. The van der Waals surface area contributed by atoms with Gasteiger partial charge in [-0.25, -0.2) is 4.79 Å². The minimum atomic E-state index is -1.25. The van der Waals surface area contributed by atoms with Gasteiger partial charge in [-0.1, -0.05) is 82.9 Å². The number of carboxylic acids is 1. The normalized spacial score (nSPS) is 12.1. The van der Waals surface area contributed by atoms with Crippen molar-refractivity contribution < 1.29 is 14.7 Å². The van der Waals surface area contributed by atoms with Crippen molar-refractivity contribution in [1.29, 1.82) is 0 Å². The molecule has 0 bridgehead atoms. The summed E-state index contributed by atoms with van der Waals surface area (Å²) >= 11 is 1.69. The molecule has 38 heavy (non-hydrogen) atoms. The number of thioether (sulfide) groups is 1. The molecule has 1 rings (SSSR count). The highest BCUT2D eigenvalue weighted by molar-refractivity contribution is 8.01. The minimum Gasteiger partial charge on any atom is -0.478 e. The second-order valence-corrected chi connectivity index (χ2v) is 10.8. The van der Waals surface area contributed by atoms with E-state index >= 15 is 0 Å². The third-order valence-corrected chi connectivity index (χ3v) is 8.37. The van der Waals surface area contributed by atoms with Crippen LogP contribution in [0.5, 0.6) is 0 Å². The molecule has 0 fully saturated rings. The van der Waals surface area contributed by atoms with Gasteiger partial charge in [0.25, 0.3) is 0 Å². The maximum Gasteiger partial charge on any atom is 0.338 e. The number of carboxylic acid groups (broad SMARTS) is 1. The van der Waals surface area contributed by atoms with Crippen LogP contribution in [0.25, 0.3) is 0 Å². The number of carbonyl (C=O) groups excluding carboxylic acids is 1. The SMILES string of the molecule is CC/C=C\C/C=C\C/C=C\CCCCCCCCSC(CC)(CC)C(=O)Nc1ccc(N=O)c(C(=O)O)c1. The Kier molecular flexibility index (Phi) is 17.8. The van der Waals surface area contributed by atoms with Crippen molar-refractivity contribution in [3.63, 3.8) is 0 Å². The molecule has 1 aromatic carbocycles. The van der Waals surface area contributed by atoms with Gasteiger partial charge in [0.05, 0.1) is 10.3 Å². The van der Waals surface area contributed by atoms with Crippen molar-refractivity contribution in [2.24, 2.45) is 5.18 Å². The number of rotatable bonds is 21. The highest BCUT2D eigenvalue weighted by atomic mass is 32.2. The summed E-state index contributed by atoms with van der Waals surface area (Å²) < 4.78 is -0.571. The summed E-state index contributed by atoms with van der Waals surface area (Å²) in [5.74, 6) is -0.473. The zero-order valence-corrected chi connectivity index (χ0v) is 24.2. The van der Waals surface area contributed by atoms with Gasteiger partial charge in [0.2, 0.25) is 5.91 Å². The third-order valence-electron chi connectivity index (χ3n) is 6.56. The number of nitrogens with one attached hydrogen (secondary N) is 1. The fourth-order valence-corrected chi connectivity index (χ4v) is 5.45. The fraction of sp³-hybridized carbons (Fsp3) is 0.548. The molecule has 0 heterocycles. The van der Waals surface area contributed by atoms with Gasteiger partial charge in [-0.2, -0.15) is 0 Å². The number of allylic oxidation sites excluding steroid dienone is 6. The van der Waals surface area contributed by atoms with Crippen molar-refractivity contribution in [1.82, 2.24) is 0 Å². The molecule has 0 aliphatic carbocycles. The van der Waals surface area contributed by atoms with E-state index in [9.17, 15) is 19.6 Å². The molecular weight excluding hydrogens is 496 g/mol. The van der Waals surface area contributed by atoms with Crippen LogP contribution in [-0.4, -0.2) is 27.5 Å². The van der Waals surface area contributed by atoms with E-state index < -0.39 is 10.7 Å². The lowest BCUT2D eigenvalue weighted by Gasteiger charge is -2.30. The van der Waals surface area contributed by atoms with Crippen LogP contribution in [-0.2, 0) is 4.79 Å². The number of nitrogens with zero attached hydrogens (tertiary/aromatic N) is 1. The number of nitroso groups, excluding NO2 is 1. The second kappa shape index (κ2) is 20.3. The minimum absolute atomic E-state index is 0.132. The number of hydrogen-bond acceptors (Lipinski definition) is 5. The van der Waals surface area contributed by atoms with Crippen molar-refractivity contribution >= 4 is 35.0 Å². The van der Waals surface area contributed by atoms with Gasteiger partial charge in [-0.15, -0.1) is 16.7 Å². The van der Waals surface area contributed by atoms with Crippen LogP contribution in [0.4, 0.5) is 11.4 Å². The van der Waals surface area contributed by atoms with Crippen LogP contribution in [0.15, 0.2) is 59.8 Å². The largest absolute Gasteiger partial charge is 0.478 e. The number of amides is 1. The van der Waals surface area contributed by atoms with Crippen LogP contribution in [0, 0.1) is 4.91 Å². The fourth-order valence-electron chi connectivity index (χ4n) is 4.12. The van der Waals surface area contributed by atoms with E-state index in [1.165, 1.54) is 43.9 Å².